The number of benzene rings is 1. The maximum atomic E-state index is 11.5. The first-order chi connectivity index (χ1) is 8.56. The lowest BCUT2D eigenvalue weighted by molar-refractivity contribution is -0.123. The molecule has 1 unspecified atom stereocenters. The van der Waals surface area contributed by atoms with Crippen LogP contribution in [0.15, 0.2) is 18.2 Å². The van der Waals surface area contributed by atoms with E-state index >= 15 is 0 Å². The van der Waals surface area contributed by atoms with Gasteiger partial charge in [-0.15, -0.1) is 0 Å². The topological polar surface area (TPSA) is 62.1 Å². The quantitative estimate of drug-likeness (QED) is 0.891. The molecule has 0 radical (unpaired) electrons. The smallest absolute Gasteiger partial charge is 0.258 e. The first-order valence-electron chi connectivity index (χ1n) is 5.68. The normalized spacial score (nSPS) is 11.4. The van der Waals surface area contributed by atoms with Gasteiger partial charge < -0.3 is 10.1 Å². The summed E-state index contributed by atoms with van der Waals surface area (Å²) in [4.78, 5) is 11.5. The molecule has 18 heavy (non-hydrogen) atoms. The van der Waals surface area contributed by atoms with E-state index < -0.39 is 0 Å². The van der Waals surface area contributed by atoms with Crippen molar-refractivity contribution in [2.24, 2.45) is 0 Å². The minimum Gasteiger partial charge on any atom is -0.484 e. The lowest BCUT2D eigenvalue weighted by Gasteiger charge is -2.12. The number of nitriles is 1. The molecule has 0 saturated carbocycles. The first-order valence-corrected chi connectivity index (χ1v) is 6.06. The molecule has 0 aliphatic carbocycles. The van der Waals surface area contributed by atoms with Crippen LogP contribution in [0.5, 0.6) is 5.75 Å². The minimum absolute atomic E-state index is 0.0629. The fraction of sp³-hybridized carbons (Fsp3) is 0.385. The summed E-state index contributed by atoms with van der Waals surface area (Å²) in [5.41, 5.74) is 0.382. The molecule has 4 nitrogen and oxygen atoms in total. The average molecular weight is 267 g/mol. The number of amides is 1. The van der Waals surface area contributed by atoms with Crippen LogP contribution in [-0.2, 0) is 4.79 Å². The molecule has 1 aromatic rings. The van der Waals surface area contributed by atoms with Crippen LogP contribution >= 0.6 is 11.6 Å². The van der Waals surface area contributed by atoms with Crippen LogP contribution in [0.1, 0.15) is 25.8 Å². The molecule has 1 N–H and O–H groups in total. The van der Waals surface area contributed by atoms with Gasteiger partial charge in [0.1, 0.15) is 11.8 Å². The molecule has 0 spiro atoms. The van der Waals surface area contributed by atoms with Crippen LogP contribution in [0, 0.1) is 11.3 Å². The van der Waals surface area contributed by atoms with Gasteiger partial charge in [-0.05, 0) is 25.5 Å². The van der Waals surface area contributed by atoms with Crippen molar-refractivity contribution < 1.29 is 9.53 Å². The molecular formula is C13H15ClN2O2. The summed E-state index contributed by atoms with van der Waals surface area (Å²) in [7, 11) is 0. The van der Waals surface area contributed by atoms with Crippen LogP contribution in [0.25, 0.3) is 0 Å². The second-order valence-electron chi connectivity index (χ2n) is 3.92. The monoisotopic (exact) mass is 266 g/mol. The molecule has 0 saturated heterocycles. The highest BCUT2D eigenvalue weighted by atomic mass is 35.5. The molecule has 1 rings (SSSR count). The molecule has 1 atom stereocenters. The zero-order valence-electron chi connectivity index (χ0n) is 10.4. The van der Waals surface area contributed by atoms with Gasteiger partial charge >= 0.3 is 0 Å². The Kier molecular flexibility index (Phi) is 5.47. The second kappa shape index (κ2) is 6.87. The first kappa shape index (κ1) is 14.3. The van der Waals surface area contributed by atoms with Gasteiger partial charge in [-0.1, -0.05) is 18.5 Å². The van der Waals surface area contributed by atoms with E-state index in [2.05, 4.69) is 5.32 Å². The van der Waals surface area contributed by atoms with Crippen LogP contribution in [0.2, 0.25) is 5.02 Å². The van der Waals surface area contributed by atoms with E-state index in [9.17, 15) is 4.79 Å². The molecule has 1 aromatic carbocycles. The van der Waals surface area contributed by atoms with E-state index in [1.54, 1.807) is 12.1 Å². The molecule has 5 heteroatoms. The van der Waals surface area contributed by atoms with E-state index in [0.717, 1.165) is 6.42 Å². The van der Waals surface area contributed by atoms with E-state index in [4.69, 9.17) is 21.6 Å². The van der Waals surface area contributed by atoms with Crippen molar-refractivity contribution in [3.8, 4) is 11.8 Å². The molecule has 0 aromatic heterocycles. The maximum Gasteiger partial charge on any atom is 0.258 e. The van der Waals surface area contributed by atoms with Crippen LogP contribution < -0.4 is 10.1 Å². The number of carbonyl (C=O) groups is 1. The standard InChI is InChI=1S/C13H15ClN2O2/c1-3-9(2)16-13(17)8-18-11-5-4-10(7-15)12(14)6-11/h4-6,9H,3,8H2,1-2H3,(H,16,17). The van der Waals surface area contributed by atoms with Gasteiger partial charge in [-0.3, -0.25) is 4.79 Å². The van der Waals surface area contributed by atoms with E-state index in [0.29, 0.717) is 16.3 Å². The lowest BCUT2D eigenvalue weighted by Crippen LogP contribution is -2.35. The Hall–Kier alpha value is -1.73. The third-order valence-corrected chi connectivity index (χ3v) is 2.76. The number of nitrogens with zero attached hydrogens (tertiary/aromatic N) is 1. The van der Waals surface area contributed by atoms with Crippen molar-refractivity contribution in [2.45, 2.75) is 26.3 Å². The summed E-state index contributed by atoms with van der Waals surface area (Å²) < 4.78 is 5.29. The number of carbonyl (C=O) groups excluding carboxylic acids is 1. The Bertz CT molecular complexity index is 469. The highest BCUT2D eigenvalue weighted by Gasteiger charge is 2.07. The Morgan fingerprint density at radius 2 is 2.33 bits per heavy atom. The van der Waals surface area contributed by atoms with Gasteiger partial charge in [0.25, 0.3) is 5.91 Å². The zero-order chi connectivity index (χ0) is 13.5. The second-order valence-corrected chi connectivity index (χ2v) is 4.33. The van der Waals surface area contributed by atoms with E-state index in [-0.39, 0.29) is 18.6 Å². The summed E-state index contributed by atoms with van der Waals surface area (Å²) >= 11 is 5.85. The molecule has 96 valence electrons. The van der Waals surface area contributed by atoms with Gasteiger partial charge in [0, 0.05) is 12.1 Å². The third-order valence-electron chi connectivity index (χ3n) is 2.45. The van der Waals surface area contributed by atoms with Crippen LogP contribution in [0.4, 0.5) is 0 Å². The summed E-state index contributed by atoms with van der Waals surface area (Å²) in [5.74, 6) is 0.295. The maximum absolute atomic E-state index is 11.5. The van der Waals surface area contributed by atoms with Crippen LogP contribution in [0.3, 0.4) is 0 Å². The Balaban J connectivity index is 2.52. The zero-order valence-corrected chi connectivity index (χ0v) is 11.1. The number of rotatable bonds is 5. The highest BCUT2D eigenvalue weighted by Crippen LogP contribution is 2.21. The molecule has 1 amide bonds. The Labute approximate surface area is 112 Å². The van der Waals surface area contributed by atoms with E-state index in [1.165, 1.54) is 6.07 Å². The molecule has 0 heterocycles. The van der Waals surface area contributed by atoms with Crippen molar-refractivity contribution in [3.63, 3.8) is 0 Å². The highest BCUT2D eigenvalue weighted by molar-refractivity contribution is 6.31. The fourth-order valence-corrected chi connectivity index (χ4v) is 1.46. The SMILES string of the molecule is CCC(C)NC(=O)COc1ccc(C#N)c(Cl)c1. The van der Waals surface area contributed by atoms with Crippen molar-refractivity contribution >= 4 is 17.5 Å². The summed E-state index contributed by atoms with van der Waals surface area (Å²) in [6.45, 7) is 3.86. The minimum atomic E-state index is -0.176. The lowest BCUT2D eigenvalue weighted by atomic mass is 10.2. The van der Waals surface area contributed by atoms with Gasteiger partial charge in [-0.2, -0.15) is 5.26 Å². The van der Waals surface area contributed by atoms with Gasteiger partial charge in [0.05, 0.1) is 10.6 Å². The fourth-order valence-electron chi connectivity index (χ4n) is 1.24. The number of hydrogen-bond acceptors (Lipinski definition) is 3. The number of hydrogen-bond donors (Lipinski definition) is 1. The average Bonchev–Trinajstić information content (AvgIpc) is 2.36. The summed E-state index contributed by atoms with van der Waals surface area (Å²) in [6, 6.07) is 6.78. The molecular weight excluding hydrogens is 252 g/mol. The third kappa shape index (κ3) is 4.27. The number of halogens is 1. The van der Waals surface area contributed by atoms with Crippen molar-refractivity contribution in [2.75, 3.05) is 6.61 Å². The van der Waals surface area contributed by atoms with Crippen molar-refractivity contribution in [1.82, 2.24) is 5.32 Å². The van der Waals surface area contributed by atoms with Gasteiger partial charge in [-0.25, -0.2) is 0 Å². The largest absolute Gasteiger partial charge is 0.484 e. The van der Waals surface area contributed by atoms with Crippen LogP contribution in [-0.4, -0.2) is 18.6 Å². The Morgan fingerprint density at radius 3 is 2.89 bits per heavy atom. The molecule has 0 fully saturated rings. The van der Waals surface area contributed by atoms with Crippen molar-refractivity contribution in [1.29, 1.82) is 5.26 Å². The number of nitrogens with one attached hydrogen (secondary N) is 1. The summed E-state index contributed by atoms with van der Waals surface area (Å²) in [5, 5.41) is 11.8. The summed E-state index contributed by atoms with van der Waals surface area (Å²) in [6.07, 6.45) is 0.869. The Morgan fingerprint density at radius 1 is 1.61 bits per heavy atom. The van der Waals surface area contributed by atoms with Gasteiger partial charge in [0.2, 0.25) is 0 Å². The molecule has 0 aliphatic rings. The number of ether oxygens (including phenoxy) is 1. The predicted molar refractivity (Wildman–Crippen MR) is 69.6 cm³/mol. The molecule has 0 bridgehead atoms. The van der Waals surface area contributed by atoms with Crippen molar-refractivity contribution in [3.05, 3.63) is 28.8 Å². The van der Waals surface area contributed by atoms with E-state index in [1.807, 2.05) is 19.9 Å². The van der Waals surface area contributed by atoms with Gasteiger partial charge in [0.15, 0.2) is 6.61 Å². The predicted octanol–water partition coefficient (Wildman–Crippen LogP) is 2.51. The molecule has 0 aliphatic heterocycles.